The van der Waals surface area contributed by atoms with Crippen molar-refractivity contribution in [2.24, 2.45) is 0 Å². The summed E-state index contributed by atoms with van der Waals surface area (Å²) in [5.41, 5.74) is 6.30. The van der Waals surface area contributed by atoms with E-state index in [9.17, 15) is 9.59 Å². The quantitative estimate of drug-likeness (QED) is 0.618. The molecule has 3 amide bonds. The van der Waals surface area contributed by atoms with Gasteiger partial charge in [0.05, 0.1) is 5.75 Å². The Morgan fingerprint density at radius 2 is 2.35 bits per heavy atom. The molecular formula is C11H13N3O2S. The summed E-state index contributed by atoms with van der Waals surface area (Å²) in [7, 11) is 0. The van der Waals surface area contributed by atoms with Gasteiger partial charge in [-0.25, -0.2) is 4.79 Å². The second-order valence-electron chi connectivity index (χ2n) is 3.64. The minimum atomic E-state index is -0.303. The number of nitrogens with two attached hydrogens (primary N) is 1. The highest BCUT2D eigenvalue weighted by atomic mass is 32.2. The Morgan fingerprint density at radius 1 is 1.53 bits per heavy atom. The molecule has 2 rings (SSSR count). The van der Waals surface area contributed by atoms with Gasteiger partial charge in [0.2, 0.25) is 5.91 Å². The molecule has 5 nitrogen and oxygen atoms in total. The van der Waals surface area contributed by atoms with Crippen molar-refractivity contribution < 1.29 is 9.59 Å². The standard InChI is InChI=1S/C11H13N3O2S/c12-8-2-1-3-9(6-8)17-7-10(15)14-5-4-13-11(14)16/h1-3,6H,4-5,7,12H2,(H,13,16). The number of hydrogen-bond donors (Lipinski definition) is 2. The monoisotopic (exact) mass is 251 g/mol. The summed E-state index contributed by atoms with van der Waals surface area (Å²) in [4.78, 5) is 25.1. The molecule has 0 unspecified atom stereocenters. The Morgan fingerprint density at radius 3 is 3.00 bits per heavy atom. The van der Waals surface area contributed by atoms with Crippen LogP contribution in [0.4, 0.5) is 10.5 Å². The molecule has 1 fully saturated rings. The van der Waals surface area contributed by atoms with Gasteiger partial charge in [0.15, 0.2) is 0 Å². The number of nitrogen functional groups attached to an aromatic ring is 1. The number of anilines is 1. The third kappa shape index (κ3) is 2.91. The highest BCUT2D eigenvalue weighted by Crippen LogP contribution is 2.20. The fourth-order valence-corrected chi connectivity index (χ4v) is 2.38. The molecule has 17 heavy (non-hydrogen) atoms. The molecule has 0 radical (unpaired) electrons. The maximum absolute atomic E-state index is 11.7. The van der Waals surface area contributed by atoms with Gasteiger partial charge in [-0.2, -0.15) is 0 Å². The average molecular weight is 251 g/mol. The Labute approximate surface area is 103 Å². The van der Waals surface area contributed by atoms with Gasteiger partial charge >= 0.3 is 6.03 Å². The molecule has 0 aromatic heterocycles. The smallest absolute Gasteiger partial charge is 0.324 e. The van der Waals surface area contributed by atoms with Crippen LogP contribution < -0.4 is 11.1 Å². The second-order valence-corrected chi connectivity index (χ2v) is 4.69. The van der Waals surface area contributed by atoms with Crippen LogP contribution in [-0.2, 0) is 4.79 Å². The molecule has 1 aliphatic rings. The van der Waals surface area contributed by atoms with E-state index in [4.69, 9.17) is 5.73 Å². The summed E-state index contributed by atoms with van der Waals surface area (Å²) in [6.45, 7) is 0.989. The summed E-state index contributed by atoms with van der Waals surface area (Å²) < 4.78 is 0. The van der Waals surface area contributed by atoms with Gasteiger partial charge in [-0.3, -0.25) is 9.69 Å². The largest absolute Gasteiger partial charge is 0.399 e. The maximum atomic E-state index is 11.7. The van der Waals surface area contributed by atoms with E-state index in [1.807, 2.05) is 18.2 Å². The molecule has 0 bridgehead atoms. The van der Waals surface area contributed by atoms with Gasteiger partial charge in [0.1, 0.15) is 0 Å². The minimum Gasteiger partial charge on any atom is -0.399 e. The van der Waals surface area contributed by atoms with Crippen LogP contribution in [-0.4, -0.2) is 35.7 Å². The lowest BCUT2D eigenvalue weighted by atomic mass is 10.3. The van der Waals surface area contributed by atoms with Gasteiger partial charge in [0, 0.05) is 23.7 Å². The van der Waals surface area contributed by atoms with Crippen LogP contribution in [0.2, 0.25) is 0 Å². The zero-order valence-corrected chi connectivity index (χ0v) is 10.00. The number of amides is 3. The van der Waals surface area contributed by atoms with E-state index in [0.29, 0.717) is 18.8 Å². The predicted molar refractivity (Wildman–Crippen MR) is 66.7 cm³/mol. The van der Waals surface area contributed by atoms with Crippen LogP contribution in [0.5, 0.6) is 0 Å². The lowest BCUT2D eigenvalue weighted by molar-refractivity contribution is -0.124. The number of thioether (sulfide) groups is 1. The van der Waals surface area contributed by atoms with E-state index in [2.05, 4.69) is 5.32 Å². The summed E-state index contributed by atoms with van der Waals surface area (Å²) >= 11 is 1.38. The predicted octanol–water partition coefficient (Wildman–Crippen LogP) is 0.913. The summed E-state index contributed by atoms with van der Waals surface area (Å²) in [5.74, 6) is 0.0732. The number of rotatable bonds is 3. The summed E-state index contributed by atoms with van der Waals surface area (Å²) in [6.07, 6.45) is 0. The van der Waals surface area contributed by atoms with Gasteiger partial charge < -0.3 is 11.1 Å². The molecule has 90 valence electrons. The average Bonchev–Trinajstić information content (AvgIpc) is 2.72. The fraction of sp³-hybridized carbons (Fsp3) is 0.273. The molecule has 0 atom stereocenters. The third-order valence-electron chi connectivity index (χ3n) is 2.38. The zero-order chi connectivity index (χ0) is 12.3. The minimum absolute atomic E-state index is 0.174. The molecule has 1 aromatic carbocycles. The van der Waals surface area contributed by atoms with Crippen LogP contribution >= 0.6 is 11.8 Å². The summed E-state index contributed by atoms with van der Waals surface area (Å²) in [6, 6.07) is 7.02. The van der Waals surface area contributed by atoms with E-state index in [1.165, 1.54) is 16.7 Å². The first-order chi connectivity index (χ1) is 8.16. The highest BCUT2D eigenvalue weighted by molar-refractivity contribution is 8.00. The third-order valence-corrected chi connectivity index (χ3v) is 3.36. The molecule has 6 heteroatoms. The van der Waals surface area contributed by atoms with Gasteiger partial charge in [0.25, 0.3) is 0 Å². The Hall–Kier alpha value is -1.69. The van der Waals surface area contributed by atoms with Crippen molar-refractivity contribution in [3.8, 4) is 0 Å². The van der Waals surface area contributed by atoms with Crippen LogP contribution in [0.1, 0.15) is 0 Å². The summed E-state index contributed by atoms with van der Waals surface area (Å²) in [5, 5.41) is 2.59. The molecule has 1 aromatic rings. The van der Waals surface area contributed by atoms with Crippen molar-refractivity contribution in [1.82, 2.24) is 10.2 Å². The second kappa shape index (κ2) is 5.09. The fourth-order valence-electron chi connectivity index (χ4n) is 1.54. The van der Waals surface area contributed by atoms with E-state index in [0.717, 1.165) is 4.90 Å². The number of imide groups is 1. The van der Waals surface area contributed by atoms with E-state index >= 15 is 0 Å². The van der Waals surface area contributed by atoms with Crippen molar-refractivity contribution >= 4 is 29.4 Å². The normalized spacial score (nSPS) is 14.8. The molecule has 3 N–H and O–H groups in total. The van der Waals surface area contributed by atoms with Crippen LogP contribution in [0, 0.1) is 0 Å². The maximum Gasteiger partial charge on any atom is 0.324 e. The Bertz CT molecular complexity index is 450. The highest BCUT2D eigenvalue weighted by Gasteiger charge is 2.25. The number of carbonyl (C=O) groups excluding carboxylic acids is 2. The molecule has 0 spiro atoms. The first kappa shape index (κ1) is 11.8. The first-order valence-corrected chi connectivity index (χ1v) is 6.22. The Balaban J connectivity index is 1.90. The number of benzene rings is 1. The van der Waals surface area contributed by atoms with E-state index < -0.39 is 0 Å². The zero-order valence-electron chi connectivity index (χ0n) is 9.18. The van der Waals surface area contributed by atoms with Crippen molar-refractivity contribution in [3.05, 3.63) is 24.3 Å². The SMILES string of the molecule is Nc1cccc(SCC(=O)N2CCNC2=O)c1. The molecule has 1 heterocycles. The van der Waals surface area contributed by atoms with Crippen molar-refractivity contribution in [2.45, 2.75) is 4.90 Å². The molecular weight excluding hydrogens is 238 g/mol. The van der Waals surface area contributed by atoms with Crippen molar-refractivity contribution in [1.29, 1.82) is 0 Å². The topological polar surface area (TPSA) is 75.4 Å². The Kier molecular flexibility index (Phi) is 3.53. The molecule has 0 saturated carbocycles. The van der Waals surface area contributed by atoms with Gasteiger partial charge in [-0.05, 0) is 18.2 Å². The molecule has 1 saturated heterocycles. The van der Waals surface area contributed by atoms with Crippen LogP contribution in [0.3, 0.4) is 0 Å². The number of nitrogens with zero attached hydrogens (tertiary/aromatic N) is 1. The van der Waals surface area contributed by atoms with E-state index in [-0.39, 0.29) is 17.7 Å². The number of nitrogens with one attached hydrogen (secondary N) is 1. The number of urea groups is 1. The van der Waals surface area contributed by atoms with Gasteiger partial charge in [-0.1, -0.05) is 6.07 Å². The van der Waals surface area contributed by atoms with Gasteiger partial charge in [-0.15, -0.1) is 11.8 Å². The molecule has 1 aliphatic heterocycles. The van der Waals surface area contributed by atoms with Crippen molar-refractivity contribution in [3.63, 3.8) is 0 Å². The van der Waals surface area contributed by atoms with Crippen molar-refractivity contribution in [2.75, 3.05) is 24.6 Å². The lowest BCUT2D eigenvalue weighted by Crippen LogP contribution is -2.35. The number of hydrogen-bond acceptors (Lipinski definition) is 4. The van der Waals surface area contributed by atoms with E-state index in [1.54, 1.807) is 6.07 Å². The first-order valence-electron chi connectivity index (χ1n) is 5.23. The lowest BCUT2D eigenvalue weighted by Gasteiger charge is -2.11. The number of carbonyl (C=O) groups is 2. The van der Waals surface area contributed by atoms with Crippen LogP contribution in [0.25, 0.3) is 0 Å². The molecule has 0 aliphatic carbocycles. The van der Waals surface area contributed by atoms with Crippen LogP contribution in [0.15, 0.2) is 29.2 Å².